The minimum absolute atomic E-state index is 0.245. The third-order valence-corrected chi connectivity index (χ3v) is 2.78. The van der Waals surface area contributed by atoms with Crippen LogP contribution < -0.4 is 10.1 Å². The maximum absolute atomic E-state index is 11.4. The number of hydrogen-bond acceptors (Lipinski definition) is 4. The minimum atomic E-state index is -0.533. The Bertz CT molecular complexity index is 470. The molecule has 1 aromatic carbocycles. The van der Waals surface area contributed by atoms with Crippen molar-refractivity contribution in [3.63, 3.8) is 0 Å². The summed E-state index contributed by atoms with van der Waals surface area (Å²) < 4.78 is 9.81. The number of rotatable bonds is 4. The minimum Gasteiger partial charge on any atom is -0.493 e. The third-order valence-electron chi connectivity index (χ3n) is 2.78. The van der Waals surface area contributed by atoms with Gasteiger partial charge in [0.25, 0.3) is 0 Å². The maximum Gasteiger partial charge on any atom is 0.315 e. The van der Waals surface area contributed by atoms with E-state index in [1.165, 1.54) is 7.11 Å². The molecule has 0 saturated heterocycles. The number of nitrogens with one attached hydrogen (secondary N) is 1. The van der Waals surface area contributed by atoms with Crippen molar-refractivity contribution >= 4 is 11.9 Å². The highest BCUT2D eigenvalue weighted by molar-refractivity contribution is 5.94. The Morgan fingerprint density at radius 3 is 3.06 bits per heavy atom. The highest BCUT2D eigenvalue weighted by Crippen LogP contribution is 2.25. The molecule has 0 saturated carbocycles. The van der Waals surface area contributed by atoms with Gasteiger partial charge in [-0.05, 0) is 17.2 Å². The number of hydrogen-bond donors (Lipinski definition) is 1. The molecule has 0 radical (unpaired) electrons. The van der Waals surface area contributed by atoms with Gasteiger partial charge < -0.3 is 14.8 Å². The fraction of sp³-hybridized carbons (Fsp3) is 0.385. The van der Waals surface area contributed by atoms with Crippen LogP contribution in [-0.4, -0.2) is 25.6 Å². The van der Waals surface area contributed by atoms with Crippen LogP contribution in [0.2, 0.25) is 0 Å². The van der Waals surface area contributed by atoms with Gasteiger partial charge in [-0.15, -0.1) is 0 Å². The zero-order chi connectivity index (χ0) is 13.0. The third kappa shape index (κ3) is 3.00. The molecule has 18 heavy (non-hydrogen) atoms. The van der Waals surface area contributed by atoms with Gasteiger partial charge in [-0.2, -0.15) is 0 Å². The zero-order valence-electron chi connectivity index (χ0n) is 10.2. The molecule has 1 heterocycles. The van der Waals surface area contributed by atoms with Crippen molar-refractivity contribution in [1.29, 1.82) is 0 Å². The van der Waals surface area contributed by atoms with Crippen LogP contribution in [0.1, 0.15) is 17.5 Å². The monoisotopic (exact) mass is 249 g/mol. The molecule has 1 amide bonds. The number of ether oxygens (including phenoxy) is 2. The smallest absolute Gasteiger partial charge is 0.315 e. The van der Waals surface area contributed by atoms with Gasteiger partial charge >= 0.3 is 5.97 Å². The number of methoxy groups -OCH3 is 1. The summed E-state index contributed by atoms with van der Waals surface area (Å²) in [6.45, 7) is 1.12. The van der Waals surface area contributed by atoms with E-state index in [2.05, 4.69) is 10.1 Å². The average Bonchev–Trinajstić information content (AvgIpc) is 2.83. The number of esters is 1. The van der Waals surface area contributed by atoms with E-state index in [1.807, 2.05) is 18.2 Å². The predicted octanol–water partition coefficient (Wildman–Crippen LogP) is 0.801. The van der Waals surface area contributed by atoms with Gasteiger partial charge in [-0.25, -0.2) is 0 Å². The van der Waals surface area contributed by atoms with Gasteiger partial charge in [0.15, 0.2) is 0 Å². The molecular weight excluding hydrogens is 234 g/mol. The summed E-state index contributed by atoms with van der Waals surface area (Å²) >= 11 is 0. The average molecular weight is 249 g/mol. The van der Waals surface area contributed by atoms with Crippen LogP contribution in [0.5, 0.6) is 5.75 Å². The second-order valence-electron chi connectivity index (χ2n) is 4.07. The Morgan fingerprint density at radius 2 is 2.28 bits per heavy atom. The largest absolute Gasteiger partial charge is 0.493 e. The van der Waals surface area contributed by atoms with Crippen LogP contribution in [0.25, 0.3) is 0 Å². The molecule has 0 fully saturated rings. The highest BCUT2D eigenvalue weighted by atomic mass is 16.5. The van der Waals surface area contributed by atoms with Crippen LogP contribution in [0.4, 0.5) is 0 Å². The summed E-state index contributed by atoms with van der Waals surface area (Å²) in [5, 5.41) is 2.67. The molecular formula is C13H15NO4. The zero-order valence-corrected chi connectivity index (χ0v) is 10.2. The first-order valence-corrected chi connectivity index (χ1v) is 5.77. The first kappa shape index (κ1) is 12.4. The van der Waals surface area contributed by atoms with Gasteiger partial charge in [-0.3, -0.25) is 9.59 Å². The van der Waals surface area contributed by atoms with Crippen molar-refractivity contribution in [3.05, 3.63) is 29.3 Å². The Balaban J connectivity index is 1.87. The summed E-state index contributed by atoms with van der Waals surface area (Å²) in [5.74, 6) is 0.0492. The number of amides is 1. The number of carbonyl (C=O) groups is 2. The lowest BCUT2D eigenvalue weighted by molar-refractivity contribution is -0.143. The highest BCUT2D eigenvalue weighted by Gasteiger charge is 2.13. The quantitative estimate of drug-likeness (QED) is 0.633. The van der Waals surface area contributed by atoms with Crippen molar-refractivity contribution in [3.8, 4) is 5.75 Å². The molecule has 0 spiro atoms. The summed E-state index contributed by atoms with van der Waals surface area (Å²) in [5.41, 5.74) is 2.16. The molecule has 0 aromatic heterocycles. The van der Waals surface area contributed by atoms with Gasteiger partial charge in [-0.1, -0.05) is 12.1 Å². The van der Waals surface area contributed by atoms with Crippen LogP contribution in [-0.2, 0) is 27.3 Å². The van der Waals surface area contributed by atoms with E-state index < -0.39 is 5.97 Å². The van der Waals surface area contributed by atoms with E-state index in [9.17, 15) is 9.59 Å². The van der Waals surface area contributed by atoms with Crippen molar-refractivity contribution < 1.29 is 19.1 Å². The SMILES string of the molecule is COC(=O)CC(=O)NCc1ccc2c(c1)CCO2. The lowest BCUT2D eigenvalue weighted by Crippen LogP contribution is -2.25. The molecule has 0 atom stereocenters. The van der Waals surface area contributed by atoms with E-state index in [0.717, 1.165) is 23.3 Å². The first-order valence-electron chi connectivity index (χ1n) is 5.77. The molecule has 1 aromatic rings. The van der Waals surface area contributed by atoms with Crippen LogP contribution in [0, 0.1) is 0 Å². The van der Waals surface area contributed by atoms with E-state index in [1.54, 1.807) is 0 Å². The summed E-state index contributed by atoms with van der Waals surface area (Å²) in [4.78, 5) is 22.3. The van der Waals surface area contributed by atoms with Crippen LogP contribution >= 0.6 is 0 Å². The number of fused-ring (bicyclic) bond motifs is 1. The fourth-order valence-corrected chi connectivity index (χ4v) is 1.82. The van der Waals surface area contributed by atoms with E-state index in [4.69, 9.17) is 4.74 Å². The fourth-order valence-electron chi connectivity index (χ4n) is 1.82. The molecule has 1 aliphatic heterocycles. The second kappa shape index (κ2) is 5.53. The molecule has 5 nitrogen and oxygen atoms in total. The summed E-state index contributed by atoms with van der Waals surface area (Å²) in [7, 11) is 1.26. The van der Waals surface area contributed by atoms with Crippen molar-refractivity contribution in [1.82, 2.24) is 5.32 Å². The number of carbonyl (C=O) groups excluding carboxylic acids is 2. The Labute approximate surface area is 105 Å². The van der Waals surface area contributed by atoms with E-state index in [-0.39, 0.29) is 12.3 Å². The molecule has 5 heteroatoms. The molecule has 0 aliphatic carbocycles. The lowest BCUT2D eigenvalue weighted by atomic mass is 10.1. The summed E-state index contributed by atoms with van der Waals surface area (Å²) in [6, 6.07) is 5.83. The Kier molecular flexibility index (Phi) is 3.82. The molecule has 2 rings (SSSR count). The topological polar surface area (TPSA) is 64.6 Å². The van der Waals surface area contributed by atoms with Gasteiger partial charge in [0, 0.05) is 13.0 Å². The van der Waals surface area contributed by atoms with Gasteiger partial charge in [0.1, 0.15) is 12.2 Å². The summed E-state index contributed by atoms with van der Waals surface area (Å²) in [6.07, 6.45) is 0.657. The van der Waals surface area contributed by atoms with Crippen LogP contribution in [0.15, 0.2) is 18.2 Å². The van der Waals surface area contributed by atoms with Crippen LogP contribution in [0.3, 0.4) is 0 Å². The van der Waals surface area contributed by atoms with Gasteiger partial charge in [0.2, 0.25) is 5.91 Å². The number of benzene rings is 1. The first-order chi connectivity index (χ1) is 8.69. The van der Waals surface area contributed by atoms with E-state index >= 15 is 0 Å². The van der Waals surface area contributed by atoms with Gasteiger partial charge in [0.05, 0.1) is 13.7 Å². The molecule has 0 unspecified atom stereocenters. The second-order valence-corrected chi connectivity index (χ2v) is 4.07. The normalized spacial score (nSPS) is 12.5. The molecule has 1 N–H and O–H groups in total. The van der Waals surface area contributed by atoms with E-state index in [0.29, 0.717) is 13.2 Å². The lowest BCUT2D eigenvalue weighted by Gasteiger charge is -2.06. The predicted molar refractivity (Wildman–Crippen MR) is 64.1 cm³/mol. The maximum atomic E-state index is 11.4. The molecule has 1 aliphatic rings. The molecule has 0 bridgehead atoms. The Hall–Kier alpha value is -2.04. The van der Waals surface area contributed by atoms with Crippen molar-refractivity contribution in [2.24, 2.45) is 0 Å². The standard InChI is InChI=1S/C13H15NO4/c1-17-13(16)7-12(15)14-8-9-2-3-11-10(6-9)4-5-18-11/h2-3,6H,4-5,7-8H2,1H3,(H,14,15). The Morgan fingerprint density at radius 1 is 1.44 bits per heavy atom. The molecule has 96 valence electrons. The van der Waals surface area contributed by atoms with Crippen molar-refractivity contribution in [2.75, 3.05) is 13.7 Å². The van der Waals surface area contributed by atoms with Crippen molar-refractivity contribution in [2.45, 2.75) is 19.4 Å².